The molecule has 0 aliphatic carbocycles. The normalized spacial score (nSPS) is 16.3. The molecule has 1 aliphatic heterocycles. The molecule has 1 fully saturated rings. The van der Waals surface area contributed by atoms with Crippen LogP contribution in [0.5, 0.6) is 5.75 Å². The van der Waals surface area contributed by atoms with Gasteiger partial charge in [-0.25, -0.2) is 4.98 Å². The number of hydrogen-bond donors (Lipinski definition) is 0. The highest BCUT2D eigenvalue weighted by Gasteiger charge is 2.30. The molecule has 4 aromatic rings. The molecule has 0 saturated carbocycles. The van der Waals surface area contributed by atoms with Gasteiger partial charge in [0.2, 0.25) is 5.91 Å². The van der Waals surface area contributed by atoms with E-state index in [1.807, 2.05) is 58.9 Å². The average molecular weight is 480 g/mol. The average Bonchev–Trinajstić information content (AvgIpc) is 3.46. The van der Waals surface area contributed by atoms with E-state index < -0.39 is 0 Å². The molecule has 1 amide bonds. The zero-order valence-electron chi connectivity index (χ0n) is 18.6. The predicted molar refractivity (Wildman–Crippen MR) is 131 cm³/mol. The molecule has 0 unspecified atom stereocenters. The van der Waals surface area contributed by atoms with Crippen LogP contribution in [0.15, 0.2) is 53.7 Å². The minimum atomic E-state index is 0.0467. The second-order valence-electron chi connectivity index (χ2n) is 7.97. The number of fused-ring (bicyclic) bond motifs is 1. The van der Waals surface area contributed by atoms with E-state index >= 15 is 0 Å². The second kappa shape index (κ2) is 9.52. The molecule has 7 nitrogen and oxygen atoms in total. The SMILES string of the molecule is COc1ccc(-n2c(C)nnc2SCC(=O)N2CCCC[C@@H]2c2nc3ccccc3s2)cc1. The molecule has 1 atom stereocenters. The summed E-state index contributed by atoms with van der Waals surface area (Å²) in [6.07, 6.45) is 3.10. The third-order valence-corrected chi connectivity index (χ3v) is 7.92. The Bertz CT molecular complexity index is 1230. The van der Waals surface area contributed by atoms with E-state index in [2.05, 4.69) is 16.3 Å². The van der Waals surface area contributed by atoms with Crippen molar-refractivity contribution in [3.8, 4) is 11.4 Å². The highest BCUT2D eigenvalue weighted by molar-refractivity contribution is 7.99. The Kier molecular flexibility index (Phi) is 6.32. The number of piperidine rings is 1. The Labute approximate surface area is 200 Å². The summed E-state index contributed by atoms with van der Waals surface area (Å²) >= 11 is 3.12. The van der Waals surface area contributed by atoms with Crippen LogP contribution in [0, 0.1) is 6.92 Å². The quantitative estimate of drug-likeness (QED) is 0.361. The predicted octanol–water partition coefficient (Wildman–Crippen LogP) is 5.04. The van der Waals surface area contributed by atoms with Crippen molar-refractivity contribution in [1.82, 2.24) is 24.6 Å². The number of aryl methyl sites for hydroxylation is 1. The zero-order chi connectivity index (χ0) is 22.8. The summed E-state index contributed by atoms with van der Waals surface area (Å²) in [5.41, 5.74) is 1.95. The lowest BCUT2D eigenvalue weighted by molar-refractivity contribution is -0.132. The van der Waals surface area contributed by atoms with Gasteiger partial charge in [0, 0.05) is 12.2 Å². The molecule has 5 rings (SSSR count). The molecule has 0 bridgehead atoms. The van der Waals surface area contributed by atoms with Gasteiger partial charge >= 0.3 is 0 Å². The van der Waals surface area contributed by atoms with Crippen LogP contribution in [0.25, 0.3) is 15.9 Å². The highest BCUT2D eigenvalue weighted by Crippen LogP contribution is 2.36. The minimum Gasteiger partial charge on any atom is -0.497 e. The fourth-order valence-electron chi connectivity index (χ4n) is 4.19. The van der Waals surface area contributed by atoms with Crippen LogP contribution in [-0.2, 0) is 4.79 Å². The van der Waals surface area contributed by atoms with Gasteiger partial charge in [-0.05, 0) is 62.6 Å². The van der Waals surface area contributed by atoms with Gasteiger partial charge < -0.3 is 9.64 Å². The van der Waals surface area contributed by atoms with Crippen LogP contribution >= 0.6 is 23.1 Å². The number of methoxy groups -OCH3 is 1. The van der Waals surface area contributed by atoms with Crippen LogP contribution in [0.3, 0.4) is 0 Å². The first-order chi connectivity index (χ1) is 16.1. The lowest BCUT2D eigenvalue weighted by atomic mass is 10.0. The lowest BCUT2D eigenvalue weighted by Gasteiger charge is -2.34. The van der Waals surface area contributed by atoms with Crippen molar-refractivity contribution in [3.63, 3.8) is 0 Å². The van der Waals surface area contributed by atoms with Gasteiger partial charge in [0.25, 0.3) is 0 Å². The summed E-state index contributed by atoms with van der Waals surface area (Å²) in [6, 6.07) is 16.0. The number of aromatic nitrogens is 4. The third kappa shape index (κ3) is 4.47. The Hall–Kier alpha value is -2.91. The number of ether oxygens (including phenoxy) is 1. The molecule has 0 radical (unpaired) electrons. The molecular weight excluding hydrogens is 454 g/mol. The number of para-hydroxylation sites is 1. The number of carbonyl (C=O) groups excluding carboxylic acids is 1. The number of likely N-dealkylation sites (tertiary alicyclic amines) is 1. The first-order valence-electron chi connectivity index (χ1n) is 11.0. The maximum atomic E-state index is 13.3. The number of thiazole rings is 1. The molecule has 1 saturated heterocycles. The lowest BCUT2D eigenvalue weighted by Crippen LogP contribution is -2.39. The van der Waals surface area contributed by atoms with Gasteiger partial charge in [0.1, 0.15) is 16.6 Å². The zero-order valence-corrected chi connectivity index (χ0v) is 20.2. The molecule has 0 spiro atoms. The molecule has 2 aromatic heterocycles. The van der Waals surface area contributed by atoms with Crippen LogP contribution in [0.4, 0.5) is 0 Å². The van der Waals surface area contributed by atoms with E-state index in [0.29, 0.717) is 10.9 Å². The summed E-state index contributed by atoms with van der Waals surface area (Å²) < 4.78 is 8.40. The number of carbonyl (C=O) groups is 1. The summed E-state index contributed by atoms with van der Waals surface area (Å²) in [5.74, 6) is 2.00. The summed E-state index contributed by atoms with van der Waals surface area (Å²) in [6.45, 7) is 2.68. The first kappa shape index (κ1) is 21.9. The molecule has 170 valence electrons. The Balaban J connectivity index is 1.33. The molecule has 9 heteroatoms. The van der Waals surface area contributed by atoms with Crippen molar-refractivity contribution >= 4 is 39.2 Å². The van der Waals surface area contributed by atoms with Gasteiger partial charge in [0.05, 0.1) is 29.1 Å². The largest absolute Gasteiger partial charge is 0.497 e. The maximum Gasteiger partial charge on any atom is 0.233 e. The summed E-state index contributed by atoms with van der Waals surface area (Å²) in [4.78, 5) is 20.2. The monoisotopic (exact) mass is 479 g/mol. The van der Waals surface area contributed by atoms with E-state index in [4.69, 9.17) is 9.72 Å². The summed E-state index contributed by atoms with van der Waals surface area (Å²) in [7, 11) is 1.65. The van der Waals surface area contributed by atoms with Gasteiger partial charge in [-0.1, -0.05) is 23.9 Å². The van der Waals surface area contributed by atoms with Crippen LogP contribution in [0.1, 0.15) is 36.1 Å². The van der Waals surface area contributed by atoms with Gasteiger partial charge in [-0.3, -0.25) is 9.36 Å². The standard InChI is InChI=1S/C24H25N5O2S2/c1-16-26-27-24(29(16)17-10-12-18(31-2)13-11-17)32-15-22(30)28-14-6-5-8-20(28)23-25-19-7-3-4-9-21(19)33-23/h3-4,7,9-13,20H,5-6,8,14-15H2,1-2H3/t20-/m1/s1. The van der Waals surface area contributed by atoms with Crippen molar-refractivity contribution in [2.45, 2.75) is 37.4 Å². The minimum absolute atomic E-state index is 0.0467. The molecule has 2 aromatic carbocycles. The third-order valence-electron chi connectivity index (χ3n) is 5.87. The number of amides is 1. The van der Waals surface area contributed by atoms with E-state index in [0.717, 1.165) is 53.6 Å². The maximum absolute atomic E-state index is 13.3. The van der Waals surface area contributed by atoms with Crippen molar-refractivity contribution in [2.75, 3.05) is 19.4 Å². The van der Waals surface area contributed by atoms with Crippen LogP contribution < -0.4 is 4.74 Å². The number of thioether (sulfide) groups is 1. The van der Waals surface area contributed by atoms with Gasteiger partial charge in [-0.2, -0.15) is 0 Å². The second-order valence-corrected chi connectivity index (χ2v) is 9.98. The molecule has 0 N–H and O–H groups in total. The van der Waals surface area contributed by atoms with Crippen molar-refractivity contribution in [3.05, 3.63) is 59.4 Å². The number of rotatable bonds is 6. The Morgan fingerprint density at radius 1 is 1.15 bits per heavy atom. The van der Waals surface area contributed by atoms with Crippen molar-refractivity contribution in [1.29, 1.82) is 0 Å². The fraction of sp³-hybridized carbons (Fsp3) is 0.333. The highest BCUT2D eigenvalue weighted by atomic mass is 32.2. The fourth-order valence-corrected chi connectivity index (χ4v) is 6.19. The Morgan fingerprint density at radius 2 is 1.97 bits per heavy atom. The van der Waals surface area contributed by atoms with E-state index in [1.54, 1.807) is 18.4 Å². The van der Waals surface area contributed by atoms with E-state index in [1.165, 1.54) is 16.5 Å². The molecule has 3 heterocycles. The van der Waals surface area contributed by atoms with Crippen LogP contribution in [0.2, 0.25) is 0 Å². The van der Waals surface area contributed by atoms with E-state index in [-0.39, 0.29) is 11.9 Å². The van der Waals surface area contributed by atoms with Gasteiger partial charge in [0.15, 0.2) is 5.16 Å². The summed E-state index contributed by atoms with van der Waals surface area (Å²) in [5, 5.41) is 10.3. The molecular formula is C24H25N5O2S2. The van der Waals surface area contributed by atoms with Gasteiger partial charge in [-0.15, -0.1) is 21.5 Å². The number of hydrogen-bond acceptors (Lipinski definition) is 7. The number of nitrogens with zero attached hydrogens (tertiary/aromatic N) is 5. The van der Waals surface area contributed by atoms with E-state index in [9.17, 15) is 4.79 Å². The first-order valence-corrected chi connectivity index (χ1v) is 12.8. The molecule has 1 aliphatic rings. The number of benzene rings is 2. The van der Waals surface area contributed by atoms with Crippen molar-refractivity contribution in [2.24, 2.45) is 0 Å². The smallest absolute Gasteiger partial charge is 0.233 e. The topological polar surface area (TPSA) is 73.1 Å². The molecule has 33 heavy (non-hydrogen) atoms. The van der Waals surface area contributed by atoms with Crippen LogP contribution in [-0.4, -0.2) is 50.0 Å². The Morgan fingerprint density at radius 3 is 2.76 bits per heavy atom. The van der Waals surface area contributed by atoms with Crippen molar-refractivity contribution < 1.29 is 9.53 Å².